The lowest BCUT2D eigenvalue weighted by Crippen LogP contribution is -2.29. The Labute approximate surface area is 207 Å². The predicted octanol–water partition coefficient (Wildman–Crippen LogP) is 5.22. The summed E-state index contributed by atoms with van der Waals surface area (Å²) in [6, 6.07) is 6.53. The van der Waals surface area contributed by atoms with E-state index in [9.17, 15) is 9.18 Å². The Morgan fingerprint density at radius 3 is 2.29 bits per heavy atom. The molecule has 1 saturated heterocycles. The van der Waals surface area contributed by atoms with Crippen molar-refractivity contribution in [3.63, 3.8) is 0 Å². The molecule has 4 rings (SSSR count). The topological polar surface area (TPSA) is 94.2 Å². The number of aromatic nitrogens is 2. The van der Waals surface area contributed by atoms with Gasteiger partial charge in [0.25, 0.3) is 5.56 Å². The van der Waals surface area contributed by atoms with Crippen molar-refractivity contribution in [3.8, 4) is 0 Å². The van der Waals surface area contributed by atoms with Crippen molar-refractivity contribution in [1.82, 2.24) is 9.78 Å². The Balaban J connectivity index is 0.000000199. The van der Waals surface area contributed by atoms with Crippen LogP contribution in [0.4, 0.5) is 15.8 Å². The molecule has 4 N–H and O–H groups in total. The lowest BCUT2D eigenvalue weighted by Gasteiger charge is -2.22. The molecule has 1 saturated carbocycles. The highest BCUT2D eigenvalue weighted by Gasteiger charge is 2.19. The summed E-state index contributed by atoms with van der Waals surface area (Å²) in [6.07, 6.45) is 12.1. The van der Waals surface area contributed by atoms with Crippen LogP contribution in [0.25, 0.3) is 0 Å². The van der Waals surface area contributed by atoms with Crippen molar-refractivity contribution < 1.29 is 9.13 Å². The summed E-state index contributed by atoms with van der Waals surface area (Å²) in [7, 11) is 1.73. The Kier molecular flexibility index (Phi) is 13.6. The maximum atomic E-state index is 12.4. The second kappa shape index (κ2) is 16.5. The average molecular weight is 496 g/mol. The van der Waals surface area contributed by atoms with Crippen LogP contribution < -0.4 is 21.9 Å². The van der Waals surface area contributed by atoms with Gasteiger partial charge in [0.15, 0.2) is 0 Å². The van der Waals surface area contributed by atoms with E-state index in [1.807, 2.05) is 0 Å². The van der Waals surface area contributed by atoms with Gasteiger partial charge in [-0.1, -0.05) is 30.9 Å². The largest absolute Gasteiger partial charge is 0.385 e. The fourth-order valence-corrected chi connectivity index (χ4v) is 4.02. The van der Waals surface area contributed by atoms with Crippen LogP contribution in [0.1, 0.15) is 63.8 Å². The van der Waals surface area contributed by atoms with E-state index in [-0.39, 0.29) is 22.4 Å². The molecule has 2 aromatic rings. The standard InChI is InChI=1S/C11H16ClN3O.C9H13FN2.C5H10O/c1-13-9-7-14-15(11(16)10(9)12)8-5-3-2-4-6-8;10-8-2-4-9(5-3-8)12-7-1-6-11;1-2-4-6-5-3-1/h7-8,13H,2-6H2,1H3;2-5,12H,1,6-7,11H2;1-5H2. The highest BCUT2D eigenvalue weighted by molar-refractivity contribution is 6.32. The zero-order valence-electron chi connectivity index (χ0n) is 20.2. The summed E-state index contributed by atoms with van der Waals surface area (Å²) < 4.78 is 19.0. The zero-order valence-corrected chi connectivity index (χ0v) is 21.0. The minimum absolute atomic E-state index is 0.180. The number of nitrogens with zero attached hydrogens (tertiary/aromatic N) is 2. The number of hydrogen-bond donors (Lipinski definition) is 3. The monoisotopic (exact) mass is 495 g/mol. The van der Waals surface area contributed by atoms with Gasteiger partial charge in [0.1, 0.15) is 10.8 Å². The van der Waals surface area contributed by atoms with Crippen LogP contribution in [-0.2, 0) is 4.74 Å². The molecule has 9 heteroatoms. The minimum atomic E-state index is -0.209. The molecular formula is C25H39ClFN5O2. The maximum Gasteiger partial charge on any atom is 0.287 e. The zero-order chi connectivity index (χ0) is 24.6. The van der Waals surface area contributed by atoms with E-state index in [1.165, 1.54) is 50.7 Å². The Hall–Kier alpha value is -2.16. The highest BCUT2D eigenvalue weighted by atomic mass is 35.5. The van der Waals surface area contributed by atoms with E-state index in [2.05, 4.69) is 15.7 Å². The van der Waals surface area contributed by atoms with Gasteiger partial charge >= 0.3 is 0 Å². The molecule has 1 aromatic carbocycles. The van der Waals surface area contributed by atoms with Crippen LogP contribution in [-0.4, -0.2) is 43.1 Å². The van der Waals surface area contributed by atoms with Crippen LogP contribution >= 0.6 is 11.6 Å². The molecule has 7 nitrogen and oxygen atoms in total. The van der Waals surface area contributed by atoms with Crippen molar-refractivity contribution in [1.29, 1.82) is 0 Å². The summed E-state index contributed by atoms with van der Waals surface area (Å²) in [4.78, 5) is 12.0. The lowest BCUT2D eigenvalue weighted by molar-refractivity contribution is 0.0968. The summed E-state index contributed by atoms with van der Waals surface area (Å²) >= 11 is 5.98. The number of halogens is 2. The molecule has 2 heterocycles. The molecule has 0 bridgehead atoms. The molecule has 34 heavy (non-hydrogen) atoms. The van der Waals surface area contributed by atoms with Crippen molar-refractivity contribution >= 4 is 23.0 Å². The number of hydrogen-bond acceptors (Lipinski definition) is 6. The molecule has 1 aliphatic carbocycles. The second-order valence-corrected chi connectivity index (χ2v) is 8.79. The number of ether oxygens (including phenoxy) is 1. The third-order valence-corrected chi connectivity index (χ3v) is 6.13. The molecule has 0 radical (unpaired) electrons. The second-order valence-electron chi connectivity index (χ2n) is 8.41. The molecule has 2 fully saturated rings. The molecule has 2 aliphatic rings. The van der Waals surface area contributed by atoms with E-state index in [1.54, 1.807) is 30.1 Å². The molecule has 0 amide bonds. The Morgan fingerprint density at radius 2 is 1.76 bits per heavy atom. The van der Waals surface area contributed by atoms with E-state index >= 15 is 0 Å². The maximum absolute atomic E-state index is 12.4. The van der Waals surface area contributed by atoms with Gasteiger partial charge in [0, 0.05) is 32.5 Å². The molecule has 0 atom stereocenters. The fraction of sp³-hybridized carbons (Fsp3) is 0.600. The normalized spacial score (nSPS) is 15.9. The van der Waals surface area contributed by atoms with Crippen LogP contribution in [0.5, 0.6) is 0 Å². The van der Waals surface area contributed by atoms with Gasteiger partial charge in [0.2, 0.25) is 0 Å². The van der Waals surface area contributed by atoms with Gasteiger partial charge in [-0.15, -0.1) is 0 Å². The number of anilines is 2. The molecule has 0 spiro atoms. The fourth-order valence-electron chi connectivity index (χ4n) is 3.79. The quantitative estimate of drug-likeness (QED) is 0.476. The first kappa shape index (κ1) is 28.1. The van der Waals surface area contributed by atoms with E-state index in [0.717, 1.165) is 44.7 Å². The first-order valence-electron chi connectivity index (χ1n) is 12.3. The van der Waals surface area contributed by atoms with E-state index in [4.69, 9.17) is 22.1 Å². The summed E-state index contributed by atoms with van der Waals surface area (Å²) in [5.74, 6) is -0.209. The number of benzene rings is 1. The number of rotatable bonds is 6. The third kappa shape index (κ3) is 9.99. The van der Waals surface area contributed by atoms with Crippen molar-refractivity contribution in [2.45, 2.75) is 63.8 Å². The minimum Gasteiger partial charge on any atom is -0.385 e. The molecule has 0 unspecified atom stereocenters. The van der Waals surface area contributed by atoms with Gasteiger partial charge < -0.3 is 21.1 Å². The van der Waals surface area contributed by atoms with Gasteiger partial charge in [-0.05, 0) is 69.3 Å². The first-order chi connectivity index (χ1) is 16.6. The van der Waals surface area contributed by atoms with Crippen molar-refractivity contribution in [3.05, 3.63) is 51.7 Å². The van der Waals surface area contributed by atoms with E-state index < -0.39 is 0 Å². The lowest BCUT2D eigenvalue weighted by atomic mass is 9.96. The molecular weight excluding hydrogens is 457 g/mol. The van der Waals surface area contributed by atoms with Gasteiger partial charge in [-0.2, -0.15) is 5.10 Å². The summed E-state index contributed by atoms with van der Waals surface area (Å²) in [5, 5.41) is 10.4. The summed E-state index contributed by atoms with van der Waals surface area (Å²) in [6.45, 7) is 3.51. The average Bonchev–Trinajstić information content (AvgIpc) is 2.89. The first-order valence-corrected chi connectivity index (χ1v) is 12.7. The predicted molar refractivity (Wildman–Crippen MR) is 138 cm³/mol. The van der Waals surface area contributed by atoms with Gasteiger partial charge in [-0.25, -0.2) is 9.07 Å². The molecule has 1 aliphatic heterocycles. The van der Waals surface area contributed by atoms with Gasteiger partial charge in [0.05, 0.1) is 17.9 Å². The Morgan fingerprint density at radius 1 is 1.12 bits per heavy atom. The molecule has 1 aromatic heterocycles. The van der Waals surface area contributed by atoms with Crippen LogP contribution in [0.3, 0.4) is 0 Å². The SMILES string of the molecule is C1CCOCC1.CNc1cnn(C2CCCCC2)c(=O)c1Cl.NCCCNc1ccc(F)cc1. The van der Waals surface area contributed by atoms with E-state index in [0.29, 0.717) is 12.2 Å². The number of nitrogens with one attached hydrogen (secondary N) is 2. The molecule has 190 valence electrons. The third-order valence-electron chi connectivity index (χ3n) is 5.77. The smallest absolute Gasteiger partial charge is 0.287 e. The van der Waals surface area contributed by atoms with Crippen LogP contribution in [0.15, 0.2) is 35.3 Å². The van der Waals surface area contributed by atoms with Crippen molar-refractivity contribution in [2.24, 2.45) is 5.73 Å². The van der Waals surface area contributed by atoms with Crippen LogP contribution in [0, 0.1) is 5.82 Å². The van der Waals surface area contributed by atoms with Crippen LogP contribution in [0.2, 0.25) is 5.02 Å². The number of nitrogens with two attached hydrogens (primary N) is 1. The summed E-state index contributed by atoms with van der Waals surface area (Å²) in [5.41, 5.74) is 6.67. The van der Waals surface area contributed by atoms with Gasteiger partial charge in [-0.3, -0.25) is 4.79 Å². The Bertz CT molecular complexity index is 857. The highest BCUT2D eigenvalue weighted by Crippen LogP contribution is 2.27. The van der Waals surface area contributed by atoms with Crippen molar-refractivity contribution in [2.75, 3.05) is 44.0 Å².